The van der Waals surface area contributed by atoms with Crippen molar-refractivity contribution >= 4 is 22.1 Å². The van der Waals surface area contributed by atoms with Crippen molar-refractivity contribution in [3.8, 4) is 0 Å². The second-order valence-corrected chi connectivity index (χ2v) is 4.23. The Bertz CT molecular complexity index is 705. The molecule has 0 amide bonds. The Labute approximate surface area is 111 Å². The van der Waals surface area contributed by atoms with Crippen LogP contribution in [0.4, 0.5) is 11.4 Å². The molecule has 19 heavy (non-hydrogen) atoms. The zero-order valence-corrected chi connectivity index (χ0v) is 10.2. The minimum absolute atomic E-state index is 0.758. The zero-order chi connectivity index (χ0) is 13.1. The largest absolute Gasteiger partial charge is 0.197 e. The van der Waals surface area contributed by atoms with Crippen LogP contribution in [0, 0.1) is 4.91 Å². The maximum Gasteiger partial charge on any atom is 0.0763 e. The van der Waals surface area contributed by atoms with E-state index in [4.69, 9.17) is 0 Å². The molecule has 0 aromatic heterocycles. The van der Waals surface area contributed by atoms with Crippen LogP contribution in [0.2, 0.25) is 0 Å². The Morgan fingerprint density at radius 3 is 2.21 bits per heavy atom. The second kappa shape index (κ2) is 4.90. The molecule has 0 unspecified atom stereocenters. The highest BCUT2D eigenvalue weighted by atomic mass is 16.3. The fourth-order valence-corrected chi connectivity index (χ4v) is 2.19. The number of para-hydroxylation sites is 1. The first-order valence-corrected chi connectivity index (χ1v) is 6.06. The molecule has 0 heterocycles. The third-order valence-electron chi connectivity index (χ3n) is 3.08. The molecular formula is C16H12N2O. The average Bonchev–Trinajstić information content (AvgIpc) is 2.49. The number of rotatable bonds is 3. The number of fused-ring (bicyclic) bond motifs is 1. The standard InChI is InChI=1S/C16H12N2O/c19-17-18(14-9-2-1-3-10-14)16-12-6-8-13-7-4-5-11-15(13)16/h1-12H. The number of hydrogen-bond acceptors (Lipinski definition) is 2. The van der Waals surface area contributed by atoms with Gasteiger partial charge in [-0.3, -0.25) is 0 Å². The van der Waals surface area contributed by atoms with Crippen LogP contribution < -0.4 is 5.01 Å². The van der Waals surface area contributed by atoms with Gasteiger partial charge in [-0.25, -0.2) is 0 Å². The molecule has 0 atom stereocenters. The summed E-state index contributed by atoms with van der Waals surface area (Å²) in [6.45, 7) is 0. The number of anilines is 2. The predicted molar refractivity (Wildman–Crippen MR) is 78.3 cm³/mol. The first kappa shape index (κ1) is 11.4. The lowest BCUT2D eigenvalue weighted by molar-refractivity contribution is 1.08. The van der Waals surface area contributed by atoms with Gasteiger partial charge in [0.1, 0.15) is 0 Å². The summed E-state index contributed by atoms with van der Waals surface area (Å²) in [5.74, 6) is 0. The lowest BCUT2D eigenvalue weighted by atomic mass is 10.1. The number of hydrogen-bond donors (Lipinski definition) is 0. The van der Waals surface area contributed by atoms with Crippen molar-refractivity contribution in [2.24, 2.45) is 5.29 Å². The molecule has 3 aromatic rings. The van der Waals surface area contributed by atoms with E-state index < -0.39 is 0 Å². The molecule has 3 heteroatoms. The second-order valence-electron chi connectivity index (χ2n) is 4.23. The van der Waals surface area contributed by atoms with Gasteiger partial charge in [-0.15, -0.1) is 4.91 Å². The van der Waals surface area contributed by atoms with E-state index in [0.717, 1.165) is 22.1 Å². The highest BCUT2D eigenvalue weighted by Gasteiger charge is 2.12. The van der Waals surface area contributed by atoms with Crippen LogP contribution >= 0.6 is 0 Å². The molecule has 0 fully saturated rings. The lowest BCUT2D eigenvalue weighted by Crippen LogP contribution is -2.07. The van der Waals surface area contributed by atoms with Gasteiger partial charge in [0.2, 0.25) is 0 Å². The van der Waals surface area contributed by atoms with Crippen molar-refractivity contribution in [2.75, 3.05) is 5.01 Å². The van der Waals surface area contributed by atoms with Crippen molar-refractivity contribution in [2.45, 2.75) is 0 Å². The Hall–Kier alpha value is -2.68. The average molecular weight is 248 g/mol. The zero-order valence-electron chi connectivity index (χ0n) is 10.2. The van der Waals surface area contributed by atoms with E-state index in [-0.39, 0.29) is 0 Å². The van der Waals surface area contributed by atoms with Crippen molar-refractivity contribution in [3.05, 3.63) is 77.7 Å². The minimum atomic E-state index is 0.758. The first-order chi connectivity index (χ1) is 9.40. The Morgan fingerprint density at radius 1 is 0.737 bits per heavy atom. The highest BCUT2D eigenvalue weighted by Crippen LogP contribution is 2.32. The van der Waals surface area contributed by atoms with E-state index in [2.05, 4.69) is 5.29 Å². The molecule has 0 aliphatic rings. The van der Waals surface area contributed by atoms with Gasteiger partial charge in [0, 0.05) is 5.39 Å². The summed E-state index contributed by atoms with van der Waals surface area (Å²) in [5.41, 5.74) is 1.55. The molecule has 0 bridgehead atoms. The van der Waals surface area contributed by atoms with Gasteiger partial charge in [-0.1, -0.05) is 54.6 Å². The third-order valence-corrected chi connectivity index (χ3v) is 3.08. The number of nitroso groups, excluding NO2 is 1. The summed E-state index contributed by atoms with van der Waals surface area (Å²) < 4.78 is 0. The third kappa shape index (κ3) is 2.06. The van der Waals surface area contributed by atoms with E-state index in [0.29, 0.717) is 0 Å². The smallest absolute Gasteiger partial charge is 0.0763 e. The summed E-state index contributed by atoms with van der Waals surface area (Å²) in [7, 11) is 0. The van der Waals surface area contributed by atoms with Crippen molar-refractivity contribution in [3.63, 3.8) is 0 Å². The quantitative estimate of drug-likeness (QED) is 0.499. The topological polar surface area (TPSA) is 32.7 Å². The Morgan fingerprint density at radius 2 is 1.42 bits per heavy atom. The maximum absolute atomic E-state index is 11.2. The van der Waals surface area contributed by atoms with Crippen LogP contribution in [0.1, 0.15) is 0 Å². The van der Waals surface area contributed by atoms with E-state index in [1.807, 2.05) is 72.8 Å². The number of nitrogens with zero attached hydrogens (tertiary/aromatic N) is 2. The maximum atomic E-state index is 11.2. The van der Waals surface area contributed by atoms with E-state index in [9.17, 15) is 4.91 Å². The van der Waals surface area contributed by atoms with Crippen LogP contribution in [0.3, 0.4) is 0 Å². The minimum Gasteiger partial charge on any atom is -0.197 e. The van der Waals surface area contributed by atoms with Crippen molar-refractivity contribution in [1.82, 2.24) is 0 Å². The van der Waals surface area contributed by atoms with E-state index >= 15 is 0 Å². The predicted octanol–water partition coefficient (Wildman–Crippen LogP) is 4.66. The molecule has 0 N–H and O–H groups in total. The fourth-order valence-electron chi connectivity index (χ4n) is 2.19. The highest BCUT2D eigenvalue weighted by molar-refractivity contribution is 5.95. The molecule has 3 rings (SSSR count). The van der Waals surface area contributed by atoms with Gasteiger partial charge in [-0.2, -0.15) is 5.01 Å². The van der Waals surface area contributed by atoms with E-state index in [1.165, 1.54) is 5.01 Å². The monoisotopic (exact) mass is 248 g/mol. The Kier molecular flexibility index (Phi) is 2.94. The van der Waals surface area contributed by atoms with Gasteiger partial charge in [-0.05, 0) is 23.6 Å². The van der Waals surface area contributed by atoms with Gasteiger partial charge < -0.3 is 0 Å². The number of benzene rings is 3. The van der Waals surface area contributed by atoms with Gasteiger partial charge in [0.15, 0.2) is 0 Å². The Balaban J connectivity index is 2.20. The molecule has 0 radical (unpaired) electrons. The van der Waals surface area contributed by atoms with Crippen molar-refractivity contribution in [1.29, 1.82) is 0 Å². The summed E-state index contributed by atoms with van der Waals surface area (Å²) in [5, 5.41) is 6.68. The van der Waals surface area contributed by atoms with Crippen molar-refractivity contribution < 1.29 is 0 Å². The molecule has 3 aromatic carbocycles. The van der Waals surface area contributed by atoms with Crippen LogP contribution in [0.5, 0.6) is 0 Å². The molecule has 0 aliphatic carbocycles. The normalized spacial score (nSPS) is 10.3. The molecular weight excluding hydrogens is 236 g/mol. The molecule has 0 spiro atoms. The molecule has 92 valence electrons. The van der Waals surface area contributed by atoms with E-state index in [1.54, 1.807) is 0 Å². The summed E-state index contributed by atoms with van der Waals surface area (Å²) in [6, 6.07) is 23.2. The van der Waals surface area contributed by atoms with Crippen LogP contribution in [0.25, 0.3) is 10.8 Å². The lowest BCUT2D eigenvalue weighted by Gasteiger charge is -2.17. The molecule has 0 saturated heterocycles. The first-order valence-electron chi connectivity index (χ1n) is 6.06. The van der Waals surface area contributed by atoms with Gasteiger partial charge in [0.05, 0.1) is 16.7 Å². The summed E-state index contributed by atoms with van der Waals surface area (Å²) in [6.07, 6.45) is 0. The molecule has 0 saturated carbocycles. The summed E-state index contributed by atoms with van der Waals surface area (Å²) >= 11 is 0. The summed E-state index contributed by atoms with van der Waals surface area (Å²) in [4.78, 5) is 11.2. The van der Waals surface area contributed by atoms with Crippen LogP contribution in [0.15, 0.2) is 78.1 Å². The van der Waals surface area contributed by atoms with Gasteiger partial charge in [0.25, 0.3) is 0 Å². The van der Waals surface area contributed by atoms with Crippen LogP contribution in [-0.4, -0.2) is 0 Å². The SMILES string of the molecule is O=NN(c1ccccc1)c1cccc2ccccc12. The van der Waals surface area contributed by atoms with Gasteiger partial charge >= 0.3 is 0 Å². The molecule has 0 aliphatic heterocycles. The molecule has 3 nitrogen and oxygen atoms in total. The fraction of sp³-hybridized carbons (Fsp3) is 0. The van der Waals surface area contributed by atoms with Crippen LogP contribution in [-0.2, 0) is 0 Å².